The molecule has 18 heavy (non-hydrogen) atoms. The Morgan fingerprint density at radius 3 is 2.67 bits per heavy atom. The molecular weight excluding hydrogens is 234 g/mol. The summed E-state index contributed by atoms with van der Waals surface area (Å²) in [7, 11) is 2.05. The lowest BCUT2D eigenvalue weighted by atomic mass is 9.93. The van der Waals surface area contributed by atoms with Crippen LogP contribution in [0.5, 0.6) is 0 Å². The van der Waals surface area contributed by atoms with Crippen LogP contribution in [-0.2, 0) is 4.79 Å². The van der Waals surface area contributed by atoms with E-state index in [1.807, 2.05) is 11.9 Å². The minimum Gasteiger partial charge on any atom is -0.481 e. The van der Waals surface area contributed by atoms with Crippen LogP contribution in [0.2, 0.25) is 0 Å². The highest BCUT2D eigenvalue weighted by atomic mass is 16.4. The average Bonchev–Trinajstić information content (AvgIpc) is 2.54. The van der Waals surface area contributed by atoms with Crippen molar-refractivity contribution in [1.29, 1.82) is 0 Å². The smallest absolute Gasteiger partial charge is 0.320 e. The fourth-order valence-corrected chi connectivity index (χ4v) is 2.61. The monoisotopic (exact) mass is 255 g/mol. The van der Waals surface area contributed by atoms with Gasteiger partial charge in [-0.25, -0.2) is 4.79 Å². The van der Waals surface area contributed by atoms with Crippen LogP contribution in [-0.4, -0.2) is 77.6 Å². The number of hydrogen-bond donors (Lipinski definition) is 1. The molecule has 2 saturated heterocycles. The number of piperazine rings is 1. The normalized spacial score (nSPS) is 25.5. The molecule has 2 heterocycles. The maximum Gasteiger partial charge on any atom is 0.320 e. The van der Waals surface area contributed by atoms with E-state index < -0.39 is 11.4 Å². The number of carboxylic acids is 1. The van der Waals surface area contributed by atoms with Crippen LogP contribution < -0.4 is 0 Å². The second kappa shape index (κ2) is 4.42. The van der Waals surface area contributed by atoms with Gasteiger partial charge in [-0.15, -0.1) is 0 Å². The van der Waals surface area contributed by atoms with Crippen molar-refractivity contribution in [3.63, 3.8) is 0 Å². The van der Waals surface area contributed by atoms with Crippen molar-refractivity contribution in [2.45, 2.75) is 19.9 Å². The zero-order chi connectivity index (χ0) is 13.5. The first kappa shape index (κ1) is 13.1. The molecule has 0 aromatic heterocycles. The third kappa shape index (κ3) is 2.29. The number of aliphatic carboxylic acids is 1. The number of carbonyl (C=O) groups excluding carboxylic acids is 1. The third-order valence-corrected chi connectivity index (χ3v) is 3.80. The van der Waals surface area contributed by atoms with Crippen LogP contribution in [0, 0.1) is 5.41 Å². The Balaban J connectivity index is 2.04. The number of likely N-dealkylation sites (N-methyl/N-ethyl adjacent to an activating group) is 1. The molecule has 2 aliphatic rings. The fraction of sp³-hybridized carbons (Fsp3) is 0.833. The first-order valence-electron chi connectivity index (χ1n) is 6.29. The molecular formula is C12H21N3O3. The van der Waals surface area contributed by atoms with Gasteiger partial charge in [0, 0.05) is 32.7 Å². The SMILES string of the molecule is CN1CCN2C(=O)N(CC(C)(C)C(=O)O)C[C@@H]2C1. The molecule has 1 N–H and O–H groups in total. The lowest BCUT2D eigenvalue weighted by molar-refractivity contribution is -0.147. The fourth-order valence-electron chi connectivity index (χ4n) is 2.61. The van der Waals surface area contributed by atoms with Gasteiger partial charge < -0.3 is 19.8 Å². The number of carboxylic acid groups (broad SMARTS) is 1. The minimum absolute atomic E-state index is 0.0116. The number of urea groups is 1. The van der Waals surface area contributed by atoms with E-state index in [0.29, 0.717) is 6.54 Å². The highest BCUT2D eigenvalue weighted by Gasteiger charge is 2.42. The third-order valence-electron chi connectivity index (χ3n) is 3.80. The summed E-state index contributed by atoms with van der Waals surface area (Å²) in [6.07, 6.45) is 0. The highest BCUT2D eigenvalue weighted by Crippen LogP contribution is 2.25. The van der Waals surface area contributed by atoms with Crippen LogP contribution in [0.1, 0.15) is 13.8 Å². The molecule has 102 valence electrons. The molecule has 0 unspecified atom stereocenters. The molecule has 0 spiro atoms. The summed E-state index contributed by atoms with van der Waals surface area (Å²) in [4.78, 5) is 29.1. The van der Waals surface area contributed by atoms with Gasteiger partial charge in [0.1, 0.15) is 0 Å². The zero-order valence-corrected chi connectivity index (χ0v) is 11.2. The van der Waals surface area contributed by atoms with Gasteiger partial charge in [-0.05, 0) is 20.9 Å². The predicted molar refractivity (Wildman–Crippen MR) is 66.4 cm³/mol. The van der Waals surface area contributed by atoms with E-state index in [-0.39, 0.29) is 18.6 Å². The molecule has 0 aromatic rings. The van der Waals surface area contributed by atoms with Crippen molar-refractivity contribution in [1.82, 2.24) is 14.7 Å². The largest absolute Gasteiger partial charge is 0.481 e. The van der Waals surface area contributed by atoms with E-state index in [2.05, 4.69) is 4.90 Å². The molecule has 0 aromatic carbocycles. The molecule has 6 nitrogen and oxygen atoms in total. The van der Waals surface area contributed by atoms with Crippen molar-refractivity contribution in [2.24, 2.45) is 5.41 Å². The van der Waals surface area contributed by atoms with Crippen molar-refractivity contribution < 1.29 is 14.7 Å². The second-order valence-electron chi connectivity index (χ2n) is 5.96. The number of nitrogens with zero attached hydrogens (tertiary/aromatic N) is 3. The minimum atomic E-state index is -0.893. The van der Waals surface area contributed by atoms with Gasteiger partial charge in [-0.1, -0.05) is 0 Å². The van der Waals surface area contributed by atoms with Crippen LogP contribution >= 0.6 is 0 Å². The zero-order valence-electron chi connectivity index (χ0n) is 11.2. The summed E-state index contributed by atoms with van der Waals surface area (Å²) in [5.41, 5.74) is -0.893. The Morgan fingerprint density at radius 2 is 2.06 bits per heavy atom. The highest BCUT2D eigenvalue weighted by molar-refractivity contribution is 5.79. The molecule has 6 heteroatoms. The van der Waals surface area contributed by atoms with Gasteiger partial charge in [0.2, 0.25) is 0 Å². The molecule has 2 rings (SSSR count). The molecule has 2 amide bonds. The van der Waals surface area contributed by atoms with E-state index in [4.69, 9.17) is 5.11 Å². The number of fused-ring (bicyclic) bond motifs is 1. The Labute approximate surface area is 107 Å². The predicted octanol–water partition coefficient (Wildman–Crippen LogP) is 0.149. The van der Waals surface area contributed by atoms with Gasteiger partial charge in [-0.3, -0.25) is 4.79 Å². The van der Waals surface area contributed by atoms with E-state index >= 15 is 0 Å². The maximum atomic E-state index is 12.2. The van der Waals surface area contributed by atoms with Crippen molar-refractivity contribution in [2.75, 3.05) is 39.8 Å². The summed E-state index contributed by atoms with van der Waals surface area (Å²) < 4.78 is 0. The molecule has 2 fully saturated rings. The standard InChI is InChI=1S/C12H21N3O3/c1-12(2,10(16)17)8-14-7-9-6-13(3)4-5-15(9)11(14)18/h9H,4-8H2,1-3H3,(H,16,17)/t9-/m0/s1. The Morgan fingerprint density at radius 1 is 1.39 bits per heavy atom. The molecule has 2 aliphatic heterocycles. The second-order valence-corrected chi connectivity index (χ2v) is 5.96. The van der Waals surface area contributed by atoms with Crippen LogP contribution in [0.4, 0.5) is 4.79 Å². The van der Waals surface area contributed by atoms with Gasteiger partial charge in [-0.2, -0.15) is 0 Å². The summed E-state index contributed by atoms with van der Waals surface area (Å²) in [6.45, 7) is 6.73. The number of carbonyl (C=O) groups is 2. The first-order valence-corrected chi connectivity index (χ1v) is 6.29. The molecule has 0 saturated carbocycles. The number of amides is 2. The van der Waals surface area contributed by atoms with Gasteiger partial charge >= 0.3 is 12.0 Å². The van der Waals surface area contributed by atoms with E-state index in [0.717, 1.165) is 19.6 Å². The molecule has 0 radical (unpaired) electrons. The van der Waals surface area contributed by atoms with Gasteiger partial charge in [0.05, 0.1) is 11.5 Å². The van der Waals surface area contributed by atoms with E-state index in [1.165, 1.54) is 0 Å². The Bertz CT molecular complexity index is 370. The van der Waals surface area contributed by atoms with Crippen LogP contribution in [0.15, 0.2) is 0 Å². The summed E-state index contributed by atoms with van der Waals surface area (Å²) >= 11 is 0. The number of hydrogen-bond acceptors (Lipinski definition) is 3. The summed E-state index contributed by atoms with van der Waals surface area (Å²) in [5, 5.41) is 9.13. The Hall–Kier alpha value is -1.30. The lowest BCUT2D eigenvalue weighted by Crippen LogP contribution is -2.50. The summed E-state index contributed by atoms with van der Waals surface area (Å²) in [6, 6.07) is 0.197. The first-order chi connectivity index (χ1) is 8.31. The van der Waals surface area contributed by atoms with E-state index in [9.17, 15) is 9.59 Å². The van der Waals surface area contributed by atoms with Gasteiger partial charge in [0.25, 0.3) is 0 Å². The lowest BCUT2D eigenvalue weighted by Gasteiger charge is -2.33. The topological polar surface area (TPSA) is 64.1 Å². The number of rotatable bonds is 3. The van der Waals surface area contributed by atoms with Crippen LogP contribution in [0.25, 0.3) is 0 Å². The molecule has 0 bridgehead atoms. The molecule has 0 aliphatic carbocycles. The maximum absolute atomic E-state index is 12.2. The summed E-state index contributed by atoms with van der Waals surface area (Å²) in [5.74, 6) is -0.864. The van der Waals surface area contributed by atoms with Gasteiger partial charge in [0.15, 0.2) is 0 Å². The Kier molecular flexibility index (Phi) is 3.23. The van der Waals surface area contributed by atoms with Crippen molar-refractivity contribution in [3.05, 3.63) is 0 Å². The van der Waals surface area contributed by atoms with Crippen LogP contribution in [0.3, 0.4) is 0 Å². The quantitative estimate of drug-likeness (QED) is 0.779. The van der Waals surface area contributed by atoms with Crippen molar-refractivity contribution in [3.8, 4) is 0 Å². The molecule has 1 atom stereocenters. The van der Waals surface area contributed by atoms with Crippen molar-refractivity contribution >= 4 is 12.0 Å². The average molecular weight is 255 g/mol. The van der Waals surface area contributed by atoms with E-state index in [1.54, 1.807) is 18.7 Å².